The van der Waals surface area contributed by atoms with Crippen LogP contribution in [0.25, 0.3) is 0 Å². The van der Waals surface area contributed by atoms with Crippen molar-refractivity contribution in [1.82, 2.24) is 0 Å². The van der Waals surface area contributed by atoms with Crippen LogP contribution in [0.5, 0.6) is 0 Å². The zero-order chi connectivity index (χ0) is 3.58. The molecule has 0 rings (SSSR count). The summed E-state index contributed by atoms with van der Waals surface area (Å²) in [4.78, 5) is 0. The smallest absolute Gasteiger partial charge is 0.131 e. The number of hydrogen-bond acceptors (Lipinski definition) is 3. The normalized spacial score (nSPS) is 8.50. The summed E-state index contributed by atoms with van der Waals surface area (Å²) in [5.41, 5.74) is 0. The van der Waals surface area contributed by atoms with Gasteiger partial charge in [0, 0.05) is 0 Å². The summed E-state index contributed by atoms with van der Waals surface area (Å²) < 4.78 is 0. The summed E-state index contributed by atoms with van der Waals surface area (Å²) in [6, 6.07) is 0. The molecule has 0 aromatic rings. The molecule has 0 heterocycles. The van der Waals surface area contributed by atoms with Gasteiger partial charge in [-0.05, 0) is 0 Å². The van der Waals surface area contributed by atoms with Crippen molar-refractivity contribution in [2.24, 2.45) is 0 Å². The summed E-state index contributed by atoms with van der Waals surface area (Å²) in [6.07, 6.45) is 1.82. The fourth-order valence-corrected chi connectivity index (χ4v) is 0. The topological polar surface area (TPSA) is 0 Å². The molecule has 0 amide bonds. The minimum Gasteiger partial charge on any atom is -0.350 e. The molecular formula is CH3S3-. The Balaban J connectivity index is 3.51. The Morgan fingerprint density at radius 3 is 1.50 bits per heavy atom. The van der Waals surface area contributed by atoms with Gasteiger partial charge in [0.25, 0.3) is 0 Å². The zero-order valence-electron chi connectivity index (χ0n) is 2.22. The van der Waals surface area contributed by atoms with Crippen molar-refractivity contribution >= 4 is 30.4 Å². The molecule has 0 fully saturated rings. The quantitative estimate of drug-likeness (QED) is 0.408. The second kappa shape index (κ2) is 2.05. The Hall–Kier alpha value is 0.790. The van der Waals surface area contributed by atoms with Crippen LogP contribution in [0.1, 0.15) is 0 Å². The van der Waals surface area contributed by atoms with Crippen molar-refractivity contribution in [3.8, 4) is 0 Å². The van der Waals surface area contributed by atoms with Gasteiger partial charge in [0.15, 0.2) is 0 Å². The van der Waals surface area contributed by atoms with Crippen LogP contribution in [0.4, 0.5) is 0 Å². The molecule has 0 bridgehead atoms. The third kappa shape index (κ3) is 14.3. The molecule has 0 nitrogen and oxygen atoms in total. The van der Waals surface area contributed by atoms with Crippen LogP contribution in [-0.4, -0.2) is 6.26 Å². The second-order valence-corrected chi connectivity index (χ2v) is 4.84. The predicted molar refractivity (Wildman–Crippen MR) is 28.0 cm³/mol. The van der Waals surface area contributed by atoms with Gasteiger partial charge < -0.3 is 8.01 Å². The molecule has 0 aliphatic heterocycles. The molecule has 0 radical (unpaired) electrons. The highest BCUT2D eigenvalue weighted by Crippen LogP contribution is 1.37. The monoisotopic (exact) mass is 111 g/mol. The lowest BCUT2D eigenvalue weighted by Gasteiger charge is -1.69. The molecule has 0 aliphatic carbocycles. The molecule has 0 aliphatic rings. The fraction of sp³-hybridized carbons (Fsp3) is 1.00. The van der Waals surface area contributed by atoms with Crippen molar-refractivity contribution in [3.05, 3.63) is 0 Å². The standard InChI is InChI=1S/CH3S3/c1-4(2)3/h1H3/q-1. The van der Waals surface area contributed by atoms with Gasteiger partial charge in [0.2, 0.25) is 0 Å². The van der Waals surface area contributed by atoms with Crippen molar-refractivity contribution < 1.29 is 0 Å². The minimum atomic E-state index is -0.194. The third-order valence-corrected chi connectivity index (χ3v) is 0. The molecule has 0 saturated heterocycles. The van der Waals surface area contributed by atoms with Crippen molar-refractivity contribution in [2.75, 3.05) is 6.26 Å². The predicted octanol–water partition coefficient (Wildman–Crippen LogP) is 0.158. The Kier molecular flexibility index (Phi) is 2.46. The lowest BCUT2D eigenvalue weighted by atomic mass is 12.0. The first kappa shape index (κ1) is 4.79. The van der Waals surface area contributed by atoms with Gasteiger partial charge in [-0.25, -0.2) is 0 Å². The van der Waals surface area contributed by atoms with E-state index < -0.39 is 0 Å². The zero-order valence-corrected chi connectivity index (χ0v) is 4.67. The van der Waals surface area contributed by atoms with Crippen LogP contribution >= 0.6 is 0 Å². The second-order valence-electron chi connectivity index (χ2n) is 0.401. The highest BCUT2D eigenvalue weighted by atomic mass is 33.1. The van der Waals surface area contributed by atoms with Gasteiger partial charge in [-0.15, -0.1) is 6.26 Å². The first-order valence-corrected chi connectivity index (χ1v) is 4.22. The van der Waals surface area contributed by atoms with E-state index in [0.717, 1.165) is 0 Å². The van der Waals surface area contributed by atoms with E-state index in [1.807, 2.05) is 6.26 Å². The average Bonchev–Trinajstić information content (AvgIpc) is 0.811. The molecule has 0 aromatic heterocycles. The molecule has 3 heteroatoms. The summed E-state index contributed by atoms with van der Waals surface area (Å²) in [6.45, 7) is 0. The number of rotatable bonds is 0. The van der Waals surface area contributed by atoms with E-state index in [4.69, 9.17) is 0 Å². The number of hydrogen-bond donors (Lipinski definition) is 0. The van der Waals surface area contributed by atoms with Gasteiger partial charge in [-0.2, -0.15) is 0 Å². The maximum absolute atomic E-state index is 4.46. The summed E-state index contributed by atoms with van der Waals surface area (Å²) in [5.74, 6) is 0. The summed E-state index contributed by atoms with van der Waals surface area (Å²) in [7, 11) is -0.194. The molecule has 0 aromatic carbocycles. The third-order valence-electron chi connectivity index (χ3n) is 0. The van der Waals surface area contributed by atoms with E-state index in [2.05, 4.69) is 22.4 Å². The lowest BCUT2D eigenvalue weighted by Crippen LogP contribution is -1.47. The van der Waals surface area contributed by atoms with Crippen LogP contribution in [0.3, 0.4) is 0 Å². The van der Waals surface area contributed by atoms with Crippen LogP contribution in [0.2, 0.25) is 0 Å². The Morgan fingerprint density at radius 2 is 1.50 bits per heavy atom. The van der Waals surface area contributed by atoms with E-state index in [0.29, 0.717) is 0 Å². The first-order valence-electron chi connectivity index (χ1n) is 0.742. The van der Waals surface area contributed by atoms with E-state index in [1.54, 1.807) is 0 Å². The highest BCUT2D eigenvalue weighted by Gasteiger charge is 1.15. The van der Waals surface area contributed by atoms with E-state index in [-0.39, 0.29) is 8.01 Å². The molecule has 26 valence electrons. The first-order chi connectivity index (χ1) is 1.73. The van der Waals surface area contributed by atoms with Crippen LogP contribution in [-0.2, 0) is 30.4 Å². The fourth-order valence-electron chi connectivity index (χ4n) is 0. The van der Waals surface area contributed by atoms with Crippen molar-refractivity contribution in [1.29, 1.82) is 0 Å². The average molecular weight is 111 g/mol. The Morgan fingerprint density at radius 1 is 1.50 bits per heavy atom. The maximum atomic E-state index is 4.46. The molecule has 4 heavy (non-hydrogen) atoms. The van der Waals surface area contributed by atoms with Gasteiger partial charge in [-0.1, -0.05) is 0 Å². The maximum Gasteiger partial charge on any atom is -0.131 e. The molecule has 0 atom stereocenters. The van der Waals surface area contributed by atoms with Crippen LogP contribution in [0, 0.1) is 0 Å². The molecule has 0 spiro atoms. The summed E-state index contributed by atoms with van der Waals surface area (Å²) >= 11 is 8.93. The van der Waals surface area contributed by atoms with Gasteiger partial charge in [-0.3, -0.25) is 22.4 Å². The van der Waals surface area contributed by atoms with Gasteiger partial charge in [0.1, 0.15) is 0 Å². The lowest BCUT2D eigenvalue weighted by molar-refractivity contribution is 2.54. The molecule has 0 N–H and O–H groups in total. The van der Waals surface area contributed by atoms with Crippen molar-refractivity contribution in [3.63, 3.8) is 0 Å². The van der Waals surface area contributed by atoms with E-state index in [1.165, 1.54) is 0 Å². The molecule has 0 saturated carbocycles. The Labute approximate surface area is 37.0 Å². The highest BCUT2D eigenvalue weighted by molar-refractivity contribution is 8.46. The van der Waals surface area contributed by atoms with Crippen molar-refractivity contribution in [2.45, 2.75) is 0 Å². The van der Waals surface area contributed by atoms with Gasteiger partial charge >= 0.3 is 0 Å². The molecule has 0 unspecified atom stereocenters. The minimum absolute atomic E-state index is 0.194. The van der Waals surface area contributed by atoms with E-state index >= 15 is 0 Å². The molecular weight excluding hydrogens is 108 g/mol. The summed E-state index contributed by atoms with van der Waals surface area (Å²) in [5, 5.41) is 0. The Bertz CT molecular complexity index is 51.7. The van der Waals surface area contributed by atoms with E-state index in [9.17, 15) is 0 Å². The largest absolute Gasteiger partial charge is 0.350 e. The van der Waals surface area contributed by atoms with Crippen LogP contribution in [0.15, 0.2) is 0 Å². The van der Waals surface area contributed by atoms with Crippen LogP contribution < -0.4 is 0 Å². The SMILES string of the molecule is C[S-](=S)=S. The van der Waals surface area contributed by atoms with Gasteiger partial charge in [0.05, 0.1) is 0 Å².